The maximum atomic E-state index is 16.3. The summed E-state index contributed by atoms with van der Waals surface area (Å²) in [4.78, 5) is 114. The first-order chi connectivity index (χ1) is 38.2. The zero-order valence-electron chi connectivity index (χ0n) is 45.1. The van der Waals surface area contributed by atoms with Crippen LogP contribution in [0.4, 0.5) is 0 Å². The smallest absolute Gasteiger partial charge is 0.338 e. The summed E-state index contributed by atoms with van der Waals surface area (Å²) in [5.41, 5.74) is -2.42. The zero-order chi connectivity index (χ0) is 59.1. The number of esters is 6. The molecule has 3 aliphatic carbocycles. The molecule has 4 fully saturated rings. The molecule has 3 aromatic rings. The third kappa shape index (κ3) is 11.1. The summed E-state index contributed by atoms with van der Waals surface area (Å²) in [5.74, 6) is -10.7. The van der Waals surface area contributed by atoms with Crippen molar-refractivity contribution in [2.24, 2.45) is 22.5 Å². The molecule has 2 heterocycles. The van der Waals surface area contributed by atoms with Crippen LogP contribution in [0.15, 0.2) is 102 Å². The van der Waals surface area contributed by atoms with E-state index in [1.54, 1.807) is 54.6 Å². The molecule has 8 rings (SSSR count). The van der Waals surface area contributed by atoms with E-state index in [9.17, 15) is 64.2 Å². The molecule has 2 bridgehead atoms. The van der Waals surface area contributed by atoms with Crippen molar-refractivity contribution in [3.05, 3.63) is 119 Å². The molecule has 1 amide bonds. The van der Waals surface area contributed by atoms with Gasteiger partial charge in [-0.15, -0.1) is 0 Å². The molecular weight excluding hydrogens is 1060 g/mol. The Morgan fingerprint density at radius 3 is 1.96 bits per heavy atom. The standard InChI is InChI=1S/C57H66N2O22/c1-27-34(76-52(71)42(65)40(30-16-10-7-11-17-30)59-49(68)31-18-12-8-13-19-31)24-57(73)48(80-50(69)32-20-14-9-15-21-32)46-55(6,47(67)44(75-28(2)61)39(27)54(57,4)5)36(23-37-56(46,26-74-37)81-29(3)62)78-51(70)33(58)22-38(63)79-45-41(64)35(25-60)77-53(72)43(45)66/h7-21,33-37,40-46,48,53,60,64-66,72-73H,22-26,58H2,1-6H3,(H,59,68)/t33?,34-,35+,36-,37+,40-,41+,42+,43+,44+,45-,46?,48?,53?,55+,56-,57+/m0/s1. The lowest BCUT2D eigenvalue weighted by atomic mass is 9.44. The van der Waals surface area contributed by atoms with E-state index in [0.29, 0.717) is 0 Å². The van der Waals surface area contributed by atoms with E-state index >= 15 is 4.79 Å². The summed E-state index contributed by atoms with van der Waals surface area (Å²) in [7, 11) is 0. The highest BCUT2D eigenvalue weighted by Crippen LogP contribution is 2.65. The molecule has 9 N–H and O–H groups in total. The lowest BCUT2D eigenvalue weighted by Crippen LogP contribution is -2.82. The Bertz CT molecular complexity index is 2920. The van der Waals surface area contributed by atoms with Crippen LogP contribution in [0.25, 0.3) is 0 Å². The molecule has 2 aliphatic heterocycles. The minimum absolute atomic E-state index is 0.0200. The lowest BCUT2D eigenvalue weighted by Gasteiger charge is -2.67. The molecule has 5 aliphatic rings. The first-order valence-electron chi connectivity index (χ1n) is 26.2. The molecule has 0 aromatic heterocycles. The highest BCUT2D eigenvalue weighted by molar-refractivity contribution is 5.97. The molecule has 17 atom stereocenters. The van der Waals surface area contributed by atoms with Crippen LogP contribution in [0.5, 0.6) is 0 Å². The average Bonchev–Trinajstić information content (AvgIpc) is 0.879. The number of Topliss-reactive ketones (excluding diaryl/α,β-unsaturated/α-hetero) is 1. The lowest BCUT2D eigenvalue weighted by molar-refractivity contribution is -0.346. The predicted molar refractivity (Wildman–Crippen MR) is 274 cm³/mol. The first-order valence-corrected chi connectivity index (χ1v) is 26.2. The summed E-state index contributed by atoms with van der Waals surface area (Å²) in [6.45, 7) is 6.31. The van der Waals surface area contributed by atoms with E-state index in [1.807, 2.05) is 0 Å². The summed E-state index contributed by atoms with van der Waals surface area (Å²) >= 11 is 0. The highest BCUT2D eigenvalue weighted by Gasteiger charge is 2.79. The Balaban J connectivity index is 1.24. The molecular formula is C57H66N2O22. The van der Waals surface area contributed by atoms with Gasteiger partial charge in [0.2, 0.25) is 0 Å². The van der Waals surface area contributed by atoms with Crippen LogP contribution >= 0.6 is 0 Å². The minimum atomic E-state index is -2.63. The molecule has 81 heavy (non-hydrogen) atoms. The molecule has 436 valence electrons. The fourth-order valence-corrected chi connectivity index (χ4v) is 12.2. The second-order valence-electron chi connectivity index (χ2n) is 21.8. The highest BCUT2D eigenvalue weighted by atomic mass is 16.7. The van der Waals surface area contributed by atoms with Crippen LogP contribution in [0.2, 0.25) is 0 Å². The number of aliphatic hydroxyl groups is 6. The Morgan fingerprint density at radius 1 is 0.790 bits per heavy atom. The Labute approximate surface area is 464 Å². The van der Waals surface area contributed by atoms with Crippen LogP contribution in [-0.2, 0) is 66.7 Å². The van der Waals surface area contributed by atoms with Crippen LogP contribution in [0.3, 0.4) is 0 Å². The summed E-state index contributed by atoms with van der Waals surface area (Å²) < 4.78 is 47.1. The Morgan fingerprint density at radius 2 is 1.40 bits per heavy atom. The van der Waals surface area contributed by atoms with Gasteiger partial charge >= 0.3 is 35.8 Å². The van der Waals surface area contributed by atoms with Crippen molar-refractivity contribution in [3.63, 3.8) is 0 Å². The van der Waals surface area contributed by atoms with Crippen LogP contribution < -0.4 is 11.1 Å². The van der Waals surface area contributed by atoms with Gasteiger partial charge in [-0.3, -0.25) is 28.8 Å². The number of ether oxygens (including phenoxy) is 8. The maximum Gasteiger partial charge on any atom is 0.338 e. The number of benzene rings is 3. The molecule has 3 aromatic carbocycles. The van der Waals surface area contributed by atoms with E-state index in [1.165, 1.54) is 64.1 Å². The third-order valence-electron chi connectivity index (χ3n) is 16.5. The Kier molecular flexibility index (Phi) is 17.4. The fraction of sp³-hybridized carbons (Fsp3) is 0.509. The number of hydrogen-bond acceptors (Lipinski definition) is 23. The van der Waals surface area contributed by atoms with E-state index in [4.69, 9.17) is 43.6 Å². The number of ketones is 1. The van der Waals surface area contributed by atoms with E-state index in [2.05, 4.69) is 5.32 Å². The van der Waals surface area contributed by atoms with E-state index < -0.39 is 187 Å². The number of fused-ring (bicyclic) bond motifs is 5. The van der Waals surface area contributed by atoms with Crippen molar-refractivity contribution in [3.8, 4) is 0 Å². The second-order valence-corrected chi connectivity index (χ2v) is 21.8. The summed E-state index contributed by atoms with van der Waals surface area (Å²) in [5, 5.41) is 69.6. The summed E-state index contributed by atoms with van der Waals surface area (Å²) in [6.07, 6.45) is -22.5. The normalized spacial score (nSPS) is 33.1. The molecule has 2 saturated heterocycles. The SMILES string of the molecule is CC(=O)O[C@H]1C(=O)[C@@]2(C)C(C(OC(=O)c3ccccc3)[C@]3(O)C[C@H](OC(=O)[C@H](O)[C@@H](NC(=O)c4ccccc4)c4ccccc4)C(C)=C1C3(C)C)[C@]1(OC(C)=O)CO[C@@H]1C[C@@H]2OC(=O)C(N)CC(=O)O[C@H]1[C@H](O)[C@@H](CO)OC(O)[C@@H]1O. The molecule has 24 heteroatoms. The number of aliphatic hydroxyl groups excluding tert-OH is 5. The molecule has 2 saturated carbocycles. The number of carbonyl (C=O) groups is 8. The summed E-state index contributed by atoms with van der Waals surface area (Å²) in [6, 6.07) is 20.1. The largest absolute Gasteiger partial charge is 0.460 e. The van der Waals surface area contributed by atoms with Crippen molar-refractivity contribution in [2.45, 2.75) is 151 Å². The van der Waals surface area contributed by atoms with Gasteiger partial charge in [-0.2, -0.15) is 0 Å². The van der Waals surface area contributed by atoms with Crippen molar-refractivity contribution in [1.82, 2.24) is 5.32 Å². The van der Waals surface area contributed by atoms with Crippen LogP contribution in [-0.4, -0.2) is 176 Å². The van der Waals surface area contributed by atoms with Crippen molar-refractivity contribution in [2.75, 3.05) is 13.2 Å². The molecule has 0 spiro atoms. The number of nitrogens with two attached hydrogens (primary N) is 1. The van der Waals surface area contributed by atoms with Crippen molar-refractivity contribution < 1.29 is 107 Å². The quantitative estimate of drug-likeness (QED) is 0.0545. The number of rotatable bonds is 16. The monoisotopic (exact) mass is 1130 g/mol. The number of hydrogen-bond donors (Lipinski definition) is 8. The number of carbonyl (C=O) groups excluding carboxylic acids is 8. The van der Waals surface area contributed by atoms with Gasteiger partial charge in [0.1, 0.15) is 54.4 Å². The van der Waals surface area contributed by atoms with Gasteiger partial charge in [-0.1, -0.05) is 80.6 Å². The molecule has 24 nitrogen and oxygen atoms in total. The second kappa shape index (κ2) is 23.5. The van der Waals surface area contributed by atoms with Crippen molar-refractivity contribution >= 4 is 47.5 Å². The van der Waals surface area contributed by atoms with Crippen LogP contribution in [0.1, 0.15) is 93.1 Å². The van der Waals surface area contributed by atoms with E-state index in [0.717, 1.165) is 13.8 Å². The minimum Gasteiger partial charge on any atom is -0.460 e. The Hall–Kier alpha value is -7.00. The molecule has 0 radical (unpaired) electrons. The zero-order valence-corrected chi connectivity index (χ0v) is 45.1. The van der Waals surface area contributed by atoms with Gasteiger partial charge < -0.3 is 79.6 Å². The maximum absolute atomic E-state index is 16.3. The molecule has 4 unspecified atom stereocenters. The number of nitrogens with one attached hydrogen (secondary N) is 1. The van der Waals surface area contributed by atoms with Gasteiger partial charge in [0.25, 0.3) is 5.91 Å². The van der Waals surface area contributed by atoms with Gasteiger partial charge in [0.15, 0.2) is 36.0 Å². The number of amides is 1. The van der Waals surface area contributed by atoms with Crippen LogP contribution in [0, 0.1) is 16.7 Å². The van der Waals surface area contributed by atoms with Gasteiger partial charge in [-0.05, 0) is 54.8 Å². The van der Waals surface area contributed by atoms with Gasteiger partial charge in [-0.25, -0.2) is 9.59 Å². The van der Waals surface area contributed by atoms with Gasteiger partial charge in [0, 0.05) is 37.7 Å². The van der Waals surface area contributed by atoms with Gasteiger partial charge in [0.05, 0.1) is 42.6 Å². The fourth-order valence-electron chi connectivity index (χ4n) is 12.2. The first kappa shape index (κ1) is 60.1. The van der Waals surface area contributed by atoms with Crippen molar-refractivity contribution in [1.29, 1.82) is 0 Å². The average molecular weight is 1130 g/mol. The predicted octanol–water partition coefficient (Wildman–Crippen LogP) is 0.347. The topological polar surface area (TPSA) is 370 Å². The third-order valence-corrected chi connectivity index (χ3v) is 16.5. The van der Waals surface area contributed by atoms with E-state index in [-0.39, 0.29) is 27.8 Å².